The van der Waals surface area contributed by atoms with Crippen molar-refractivity contribution in [3.05, 3.63) is 52.6 Å². The largest absolute Gasteiger partial charge is 0.444 e. The summed E-state index contributed by atoms with van der Waals surface area (Å²) < 4.78 is 20.1. The van der Waals surface area contributed by atoms with Crippen LogP contribution in [0.1, 0.15) is 33.6 Å². The highest BCUT2D eigenvalue weighted by molar-refractivity contribution is 5.98. The van der Waals surface area contributed by atoms with Crippen LogP contribution in [0, 0.1) is 11.7 Å². The second-order valence-corrected chi connectivity index (χ2v) is 12.4. The van der Waals surface area contributed by atoms with Crippen molar-refractivity contribution < 1.29 is 13.9 Å². The van der Waals surface area contributed by atoms with Crippen LogP contribution in [0.3, 0.4) is 0 Å². The number of carbonyl (C=O) groups is 1. The Bertz CT molecular complexity index is 1680. The number of nitrogen functional groups attached to an aromatic ring is 1. The lowest BCUT2D eigenvalue weighted by Gasteiger charge is -2.39. The van der Waals surface area contributed by atoms with E-state index >= 15 is 0 Å². The molecule has 10 nitrogen and oxygen atoms in total. The summed E-state index contributed by atoms with van der Waals surface area (Å²) in [6.07, 6.45) is 1.78. The number of likely N-dealkylation sites (tertiary alicyclic amines) is 1. The number of aromatic amines is 2. The molecule has 1 amide bonds. The number of nitrogens with one attached hydrogen (secondary N) is 2. The van der Waals surface area contributed by atoms with Crippen molar-refractivity contribution in [2.24, 2.45) is 5.92 Å². The maximum Gasteiger partial charge on any atom is 0.410 e. The lowest BCUT2D eigenvalue weighted by atomic mass is 9.96. The number of nitrogens with two attached hydrogens (primary N) is 1. The number of amides is 1. The van der Waals surface area contributed by atoms with E-state index in [-0.39, 0.29) is 22.7 Å². The van der Waals surface area contributed by atoms with E-state index in [1.54, 1.807) is 6.07 Å². The predicted octanol–water partition coefficient (Wildman–Crippen LogP) is 4.56. The zero-order valence-electron chi connectivity index (χ0n) is 24.4. The van der Waals surface area contributed by atoms with E-state index in [1.807, 2.05) is 43.9 Å². The van der Waals surface area contributed by atoms with Crippen LogP contribution < -0.4 is 16.2 Å². The Morgan fingerprint density at radius 1 is 1.05 bits per heavy atom. The second kappa shape index (κ2) is 10.9. The van der Waals surface area contributed by atoms with Crippen LogP contribution in [-0.4, -0.2) is 82.3 Å². The summed E-state index contributed by atoms with van der Waals surface area (Å²) in [5, 5.41) is 0.180. The van der Waals surface area contributed by atoms with Gasteiger partial charge >= 0.3 is 6.09 Å². The number of benzene rings is 2. The number of pyridine rings is 1. The lowest BCUT2D eigenvalue weighted by Crippen LogP contribution is -2.49. The van der Waals surface area contributed by atoms with E-state index in [9.17, 15) is 14.0 Å². The van der Waals surface area contributed by atoms with Gasteiger partial charge in [0.25, 0.3) is 5.56 Å². The summed E-state index contributed by atoms with van der Waals surface area (Å²) >= 11 is 0. The first-order chi connectivity index (χ1) is 20.1. The van der Waals surface area contributed by atoms with Crippen molar-refractivity contribution >= 4 is 39.4 Å². The Labute approximate surface area is 243 Å². The molecule has 2 aliphatic heterocycles. The van der Waals surface area contributed by atoms with E-state index < -0.39 is 17.0 Å². The van der Waals surface area contributed by atoms with Gasteiger partial charge in [-0.15, -0.1) is 0 Å². The molecule has 6 rings (SSSR count). The van der Waals surface area contributed by atoms with E-state index in [1.165, 1.54) is 12.1 Å². The van der Waals surface area contributed by atoms with Crippen molar-refractivity contribution in [3.8, 4) is 11.4 Å². The number of ether oxygens (including phenoxy) is 1. The first-order valence-corrected chi connectivity index (χ1v) is 14.6. The Balaban J connectivity index is 1.09. The third-order valence-electron chi connectivity index (χ3n) is 8.25. The summed E-state index contributed by atoms with van der Waals surface area (Å²) in [5.74, 6) is 0.397. The highest BCUT2D eigenvalue weighted by Gasteiger charge is 2.29. The molecule has 0 unspecified atom stereocenters. The molecule has 0 saturated carbocycles. The van der Waals surface area contributed by atoms with Crippen LogP contribution >= 0.6 is 0 Å². The number of rotatable bonds is 4. The van der Waals surface area contributed by atoms with E-state index in [2.05, 4.69) is 24.8 Å². The molecule has 222 valence electrons. The Hall–Kier alpha value is -4.12. The van der Waals surface area contributed by atoms with E-state index in [0.717, 1.165) is 69.9 Å². The Kier molecular flexibility index (Phi) is 7.30. The van der Waals surface area contributed by atoms with Crippen LogP contribution in [0.2, 0.25) is 0 Å². The van der Waals surface area contributed by atoms with Gasteiger partial charge in [-0.25, -0.2) is 14.2 Å². The number of piperidine rings is 1. The second-order valence-electron chi connectivity index (χ2n) is 12.4. The predicted molar refractivity (Wildman–Crippen MR) is 163 cm³/mol. The maximum absolute atomic E-state index is 14.5. The van der Waals surface area contributed by atoms with Gasteiger partial charge < -0.3 is 30.2 Å². The fraction of sp³-hybridized carbons (Fsp3) is 0.452. The summed E-state index contributed by atoms with van der Waals surface area (Å²) in [4.78, 5) is 42.5. The first-order valence-electron chi connectivity index (χ1n) is 14.6. The van der Waals surface area contributed by atoms with Crippen LogP contribution in [0.4, 0.5) is 20.6 Å². The number of H-pyrrole nitrogens is 2. The average Bonchev–Trinajstić information content (AvgIpc) is 3.35. The lowest BCUT2D eigenvalue weighted by molar-refractivity contribution is 0.0169. The van der Waals surface area contributed by atoms with Gasteiger partial charge in [0, 0.05) is 51.5 Å². The van der Waals surface area contributed by atoms with Gasteiger partial charge in [-0.2, -0.15) is 0 Å². The standard InChI is InChI=1S/C31H38FN7O3/c1-31(2,3)42-30(41)39-11-9-19(10-12-39)18-37-13-15-38(16-14-37)20-7-8-22-24(17-20)35-28(34-22)26-27(33)25-21(32)5-4-6-23(25)36-29(26)40/h4-8,17,19H,9-16,18H2,1-3H3,(H,34,35)(H3,33,36,40). The molecule has 4 N–H and O–H groups in total. The molecule has 2 aromatic heterocycles. The SMILES string of the molecule is CC(C)(C)OC(=O)N1CCC(CN2CCN(c3ccc4nc(-c5c(N)c6c(F)cccc6[nH]c5=O)[nH]c4c3)CC2)CC1. The Morgan fingerprint density at radius 2 is 1.79 bits per heavy atom. The third-order valence-corrected chi connectivity index (χ3v) is 8.25. The van der Waals surface area contributed by atoms with Crippen LogP contribution in [0.25, 0.3) is 33.3 Å². The molecule has 2 saturated heterocycles. The minimum absolute atomic E-state index is 0.0674. The number of halogens is 1. The Morgan fingerprint density at radius 3 is 2.50 bits per heavy atom. The third kappa shape index (κ3) is 5.65. The van der Waals surface area contributed by atoms with Gasteiger partial charge in [0.05, 0.1) is 27.6 Å². The van der Waals surface area contributed by atoms with Gasteiger partial charge in [0.1, 0.15) is 22.8 Å². The zero-order chi connectivity index (χ0) is 29.6. The number of anilines is 2. The summed E-state index contributed by atoms with van der Waals surface area (Å²) in [6.45, 7) is 12.0. The number of nitrogens with zero attached hydrogens (tertiary/aromatic N) is 4. The summed E-state index contributed by atoms with van der Waals surface area (Å²) in [5.41, 5.74) is 8.52. The number of carbonyl (C=O) groups excluding carboxylic acids is 1. The molecule has 2 fully saturated rings. The molecule has 2 aliphatic rings. The van der Waals surface area contributed by atoms with Gasteiger partial charge in [-0.1, -0.05) is 6.07 Å². The normalized spacial score (nSPS) is 17.3. The molecular weight excluding hydrogens is 537 g/mol. The molecule has 0 atom stereocenters. The molecule has 42 heavy (non-hydrogen) atoms. The quantitative estimate of drug-likeness (QED) is 0.326. The molecule has 4 heterocycles. The molecule has 0 radical (unpaired) electrons. The number of fused-ring (bicyclic) bond motifs is 2. The average molecular weight is 576 g/mol. The van der Waals surface area contributed by atoms with Crippen molar-refractivity contribution in [3.63, 3.8) is 0 Å². The maximum atomic E-state index is 14.5. The van der Waals surface area contributed by atoms with E-state index in [0.29, 0.717) is 22.8 Å². The molecule has 4 aromatic rings. The number of hydrogen-bond acceptors (Lipinski definition) is 7. The van der Waals surface area contributed by atoms with E-state index in [4.69, 9.17) is 10.5 Å². The molecule has 11 heteroatoms. The van der Waals surface area contributed by atoms with Crippen molar-refractivity contribution in [1.29, 1.82) is 0 Å². The van der Waals surface area contributed by atoms with Gasteiger partial charge in [-0.3, -0.25) is 9.69 Å². The first kappa shape index (κ1) is 28.0. The van der Waals surface area contributed by atoms with Gasteiger partial charge in [0.15, 0.2) is 0 Å². The van der Waals surface area contributed by atoms with Gasteiger partial charge in [-0.05, 0) is 69.9 Å². The van der Waals surface area contributed by atoms with Crippen molar-refractivity contribution in [1.82, 2.24) is 24.8 Å². The number of piperazine rings is 1. The summed E-state index contributed by atoms with van der Waals surface area (Å²) in [7, 11) is 0. The zero-order valence-corrected chi connectivity index (χ0v) is 24.4. The molecule has 0 spiro atoms. The smallest absolute Gasteiger partial charge is 0.410 e. The van der Waals surface area contributed by atoms with Crippen LogP contribution in [0.15, 0.2) is 41.2 Å². The number of aromatic nitrogens is 3. The monoisotopic (exact) mass is 575 g/mol. The topological polar surface area (TPSA) is 124 Å². The van der Waals surface area contributed by atoms with Crippen molar-refractivity contribution in [2.45, 2.75) is 39.2 Å². The van der Waals surface area contributed by atoms with Crippen molar-refractivity contribution in [2.75, 3.05) is 56.4 Å². The van der Waals surface area contributed by atoms with Crippen LogP contribution in [-0.2, 0) is 4.74 Å². The molecular formula is C31H38FN7O3. The fourth-order valence-corrected chi connectivity index (χ4v) is 6.06. The molecule has 2 aromatic carbocycles. The number of hydrogen-bond donors (Lipinski definition) is 3. The molecule has 0 bridgehead atoms. The van der Waals surface area contributed by atoms with Crippen LogP contribution in [0.5, 0.6) is 0 Å². The molecule has 0 aliphatic carbocycles. The van der Waals surface area contributed by atoms with Gasteiger partial charge in [0.2, 0.25) is 0 Å². The fourth-order valence-electron chi connectivity index (χ4n) is 6.06. The highest BCUT2D eigenvalue weighted by Crippen LogP contribution is 2.31. The minimum atomic E-state index is -0.494. The number of imidazole rings is 1. The highest BCUT2D eigenvalue weighted by atomic mass is 19.1. The summed E-state index contributed by atoms with van der Waals surface area (Å²) in [6, 6.07) is 10.5. The minimum Gasteiger partial charge on any atom is -0.444 e.